The first-order valence-corrected chi connectivity index (χ1v) is 5.96. The zero-order valence-corrected chi connectivity index (χ0v) is 11.0. The zero-order chi connectivity index (χ0) is 12.9. The SMILES string of the molecule is CC(NCCc1ccco1)C(=O)NC(C)(C)C. The van der Waals surface area contributed by atoms with Crippen LogP contribution in [0.3, 0.4) is 0 Å². The van der Waals surface area contributed by atoms with Crippen molar-refractivity contribution >= 4 is 5.91 Å². The van der Waals surface area contributed by atoms with Gasteiger partial charge in [-0.2, -0.15) is 0 Å². The average molecular weight is 238 g/mol. The maximum Gasteiger partial charge on any atom is 0.237 e. The summed E-state index contributed by atoms with van der Waals surface area (Å²) in [4.78, 5) is 11.8. The Morgan fingerprint density at radius 2 is 2.18 bits per heavy atom. The maximum absolute atomic E-state index is 11.8. The molecular weight excluding hydrogens is 216 g/mol. The number of hydrogen-bond acceptors (Lipinski definition) is 3. The molecule has 96 valence electrons. The predicted octanol–water partition coefficient (Wildman–Crippen LogP) is 1.71. The Balaban J connectivity index is 2.25. The van der Waals surface area contributed by atoms with Crippen molar-refractivity contribution in [3.63, 3.8) is 0 Å². The van der Waals surface area contributed by atoms with Gasteiger partial charge in [0.05, 0.1) is 12.3 Å². The van der Waals surface area contributed by atoms with Gasteiger partial charge in [0.2, 0.25) is 5.91 Å². The summed E-state index contributed by atoms with van der Waals surface area (Å²) in [7, 11) is 0. The topological polar surface area (TPSA) is 54.3 Å². The van der Waals surface area contributed by atoms with Crippen molar-refractivity contribution in [2.75, 3.05) is 6.54 Å². The molecule has 0 spiro atoms. The molecule has 1 heterocycles. The first kappa shape index (κ1) is 13.8. The molecular formula is C13H22N2O2. The van der Waals surface area contributed by atoms with E-state index in [0.717, 1.165) is 18.7 Å². The van der Waals surface area contributed by atoms with E-state index in [9.17, 15) is 4.79 Å². The molecule has 1 rings (SSSR count). The normalized spacial score (nSPS) is 13.4. The molecule has 1 amide bonds. The van der Waals surface area contributed by atoms with Crippen LogP contribution in [-0.4, -0.2) is 24.0 Å². The largest absolute Gasteiger partial charge is 0.469 e. The molecule has 0 aliphatic heterocycles. The molecule has 0 fully saturated rings. The summed E-state index contributed by atoms with van der Waals surface area (Å²) >= 11 is 0. The van der Waals surface area contributed by atoms with Crippen LogP contribution in [0.4, 0.5) is 0 Å². The number of carbonyl (C=O) groups is 1. The molecule has 1 atom stereocenters. The van der Waals surface area contributed by atoms with Crippen LogP contribution in [-0.2, 0) is 11.2 Å². The van der Waals surface area contributed by atoms with E-state index >= 15 is 0 Å². The van der Waals surface area contributed by atoms with E-state index in [-0.39, 0.29) is 17.5 Å². The van der Waals surface area contributed by atoms with Crippen LogP contribution >= 0.6 is 0 Å². The fourth-order valence-corrected chi connectivity index (χ4v) is 1.44. The standard InChI is InChI=1S/C13H22N2O2/c1-10(12(16)15-13(2,3)4)14-8-7-11-6-5-9-17-11/h5-6,9-10,14H,7-8H2,1-4H3,(H,15,16). The second kappa shape index (κ2) is 5.87. The van der Waals surface area contributed by atoms with Gasteiger partial charge in [-0.15, -0.1) is 0 Å². The van der Waals surface area contributed by atoms with E-state index < -0.39 is 0 Å². The molecule has 1 unspecified atom stereocenters. The molecule has 0 saturated heterocycles. The van der Waals surface area contributed by atoms with E-state index in [4.69, 9.17) is 4.42 Å². The van der Waals surface area contributed by atoms with Gasteiger partial charge < -0.3 is 15.1 Å². The van der Waals surface area contributed by atoms with Gasteiger partial charge >= 0.3 is 0 Å². The van der Waals surface area contributed by atoms with Crippen LogP contribution in [0, 0.1) is 0 Å². The lowest BCUT2D eigenvalue weighted by atomic mass is 10.1. The minimum Gasteiger partial charge on any atom is -0.469 e. The third kappa shape index (κ3) is 5.54. The van der Waals surface area contributed by atoms with Crippen molar-refractivity contribution in [3.05, 3.63) is 24.2 Å². The molecule has 1 aromatic heterocycles. The Bertz CT molecular complexity index is 339. The molecule has 0 radical (unpaired) electrons. The highest BCUT2D eigenvalue weighted by molar-refractivity contribution is 5.81. The second-order valence-electron chi connectivity index (χ2n) is 5.24. The van der Waals surface area contributed by atoms with Gasteiger partial charge in [0, 0.05) is 18.5 Å². The van der Waals surface area contributed by atoms with Crippen molar-refractivity contribution in [2.45, 2.75) is 45.7 Å². The molecule has 0 bridgehead atoms. The Morgan fingerprint density at radius 1 is 1.47 bits per heavy atom. The molecule has 0 saturated carbocycles. The van der Waals surface area contributed by atoms with Crippen LogP contribution in [0.5, 0.6) is 0 Å². The second-order valence-corrected chi connectivity index (χ2v) is 5.24. The lowest BCUT2D eigenvalue weighted by molar-refractivity contribution is -0.124. The number of hydrogen-bond donors (Lipinski definition) is 2. The van der Waals surface area contributed by atoms with E-state index in [1.165, 1.54) is 0 Å². The average Bonchev–Trinajstić information content (AvgIpc) is 2.67. The van der Waals surface area contributed by atoms with Crippen LogP contribution in [0.15, 0.2) is 22.8 Å². The van der Waals surface area contributed by atoms with Gasteiger partial charge in [-0.05, 0) is 39.8 Å². The van der Waals surface area contributed by atoms with E-state index in [1.54, 1.807) is 6.26 Å². The first-order valence-electron chi connectivity index (χ1n) is 5.96. The van der Waals surface area contributed by atoms with Gasteiger partial charge in [0.15, 0.2) is 0 Å². The van der Waals surface area contributed by atoms with E-state index in [2.05, 4.69) is 10.6 Å². The number of carbonyl (C=O) groups excluding carboxylic acids is 1. The van der Waals surface area contributed by atoms with Crippen LogP contribution < -0.4 is 10.6 Å². The van der Waals surface area contributed by atoms with Crippen molar-refractivity contribution in [2.24, 2.45) is 0 Å². The third-order valence-corrected chi connectivity index (χ3v) is 2.29. The Kier molecular flexibility index (Phi) is 4.75. The van der Waals surface area contributed by atoms with Gasteiger partial charge in [-0.25, -0.2) is 0 Å². The lowest BCUT2D eigenvalue weighted by Gasteiger charge is -2.23. The number of furan rings is 1. The zero-order valence-electron chi connectivity index (χ0n) is 11.0. The molecule has 0 aliphatic rings. The molecule has 1 aromatic rings. The number of nitrogens with one attached hydrogen (secondary N) is 2. The predicted molar refractivity (Wildman–Crippen MR) is 67.8 cm³/mol. The number of amides is 1. The smallest absolute Gasteiger partial charge is 0.237 e. The van der Waals surface area contributed by atoms with Gasteiger partial charge in [-0.1, -0.05) is 0 Å². The third-order valence-electron chi connectivity index (χ3n) is 2.29. The Labute approximate surface area is 103 Å². The molecule has 17 heavy (non-hydrogen) atoms. The fourth-order valence-electron chi connectivity index (χ4n) is 1.44. The quantitative estimate of drug-likeness (QED) is 0.821. The van der Waals surface area contributed by atoms with Crippen molar-refractivity contribution in [3.8, 4) is 0 Å². The lowest BCUT2D eigenvalue weighted by Crippen LogP contribution is -2.49. The summed E-state index contributed by atoms with van der Waals surface area (Å²) in [5.41, 5.74) is -0.186. The molecule has 0 aromatic carbocycles. The molecule has 4 heteroatoms. The maximum atomic E-state index is 11.8. The first-order chi connectivity index (χ1) is 7.88. The van der Waals surface area contributed by atoms with Gasteiger partial charge in [0.1, 0.15) is 5.76 Å². The van der Waals surface area contributed by atoms with Crippen LogP contribution in [0.2, 0.25) is 0 Å². The fraction of sp³-hybridized carbons (Fsp3) is 0.615. The van der Waals surface area contributed by atoms with Gasteiger partial charge in [0.25, 0.3) is 0 Å². The van der Waals surface area contributed by atoms with Crippen molar-refractivity contribution in [1.29, 1.82) is 0 Å². The van der Waals surface area contributed by atoms with Crippen molar-refractivity contribution in [1.82, 2.24) is 10.6 Å². The summed E-state index contributed by atoms with van der Waals surface area (Å²) in [6.07, 6.45) is 2.45. The minimum absolute atomic E-state index is 0.0249. The Hall–Kier alpha value is -1.29. The summed E-state index contributed by atoms with van der Waals surface area (Å²) in [6, 6.07) is 3.61. The van der Waals surface area contributed by atoms with Gasteiger partial charge in [-0.3, -0.25) is 4.79 Å². The highest BCUT2D eigenvalue weighted by Gasteiger charge is 2.18. The highest BCUT2D eigenvalue weighted by atomic mass is 16.3. The monoisotopic (exact) mass is 238 g/mol. The number of rotatable bonds is 5. The van der Waals surface area contributed by atoms with E-state index in [1.807, 2.05) is 39.8 Å². The highest BCUT2D eigenvalue weighted by Crippen LogP contribution is 2.01. The van der Waals surface area contributed by atoms with Crippen LogP contribution in [0.25, 0.3) is 0 Å². The molecule has 0 aliphatic carbocycles. The van der Waals surface area contributed by atoms with E-state index in [0.29, 0.717) is 0 Å². The molecule has 4 nitrogen and oxygen atoms in total. The summed E-state index contributed by atoms with van der Waals surface area (Å²) < 4.78 is 5.22. The Morgan fingerprint density at radius 3 is 2.71 bits per heavy atom. The van der Waals surface area contributed by atoms with Crippen LogP contribution in [0.1, 0.15) is 33.5 Å². The summed E-state index contributed by atoms with van der Waals surface area (Å²) in [5, 5.41) is 6.11. The summed E-state index contributed by atoms with van der Waals surface area (Å²) in [5.74, 6) is 0.956. The molecule has 2 N–H and O–H groups in total. The van der Waals surface area contributed by atoms with Crippen molar-refractivity contribution < 1.29 is 9.21 Å². The minimum atomic E-state index is -0.191. The summed E-state index contributed by atoms with van der Waals surface area (Å²) in [6.45, 7) is 8.51.